The fourth-order valence-electron chi connectivity index (χ4n) is 4.11. The number of carbonyl (C=O) groups excluding carboxylic acids is 1. The molecule has 1 saturated heterocycles. The number of hydrogen-bond acceptors (Lipinski definition) is 5. The number of amides is 1. The van der Waals surface area contributed by atoms with E-state index in [1.165, 1.54) is 0 Å². The number of rotatable bonds is 2. The Morgan fingerprint density at radius 3 is 2.69 bits per heavy atom. The maximum absolute atomic E-state index is 12.4. The highest BCUT2D eigenvalue weighted by Gasteiger charge is 2.37. The van der Waals surface area contributed by atoms with Crippen LogP contribution in [0.25, 0.3) is 0 Å². The highest BCUT2D eigenvalue weighted by Crippen LogP contribution is 2.42. The van der Waals surface area contributed by atoms with Crippen molar-refractivity contribution in [2.45, 2.75) is 57.6 Å². The van der Waals surface area contributed by atoms with Crippen molar-refractivity contribution in [1.82, 2.24) is 19.7 Å². The van der Waals surface area contributed by atoms with E-state index in [-0.39, 0.29) is 23.7 Å². The number of hydrogen-bond donors (Lipinski definition) is 1. The minimum atomic E-state index is -0.517. The average molecular weight is 439 g/mol. The van der Waals surface area contributed by atoms with E-state index < -0.39 is 5.60 Å². The molecule has 0 saturated carbocycles. The molecule has 0 aliphatic carbocycles. The van der Waals surface area contributed by atoms with Crippen LogP contribution < -0.4 is 0 Å². The lowest BCUT2D eigenvalue weighted by Crippen LogP contribution is -2.35. The van der Waals surface area contributed by atoms with Gasteiger partial charge in [-0.05, 0) is 39.3 Å². The van der Waals surface area contributed by atoms with Crippen molar-refractivity contribution in [3.05, 3.63) is 39.4 Å². The first-order valence-electron chi connectivity index (χ1n) is 9.71. The number of fused-ring (bicyclic) bond motifs is 1. The first kappa shape index (κ1) is 20.3. The highest BCUT2D eigenvalue weighted by atomic mass is 35.5. The third kappa shape index (κ3) is 3.90. The number of likely N-dealkylation sites (tertiary alicyclic amines) is 1. The Morgan fingerprint density at radius 1 is 1.21 bits per heavy atom. The molecule has 2 aliphatic rings. The number of ether oxygens (including phenoxy) is 1. The summed E-state index contributed by atoms with van der Waals surface area (Å²) in [6.45, 7) is 7.39. The van der Waals surface area contributed by atoms with Gasteiger partial charge in [-0.25, -0.2) is 4.79 Å². The topological polar surface area (TPSA) is 80.5 Å². The lowest BCUT2D eigenvalue weighted by Gasteiger charge is -2.24. The van der Waals surface area contributed by atoms with E-state index in [9.17, 15) is 9.90 Å². The summed E-state index contributed by atoms with van der Waals surface area (Å²) in [7, 11) is 0. The lowest BCUT2D eigenvalue weighted by atomic mass is 9.96. The number of benzene rings is 1. The molecule has 1 fully saturated rings. The molecular formula is C20H24Cl2N4O3. The Bertz CT molecular complexity index is 954. The molecule has 2 aliphatic heterocycles. The largest absolute Gasteiger partial charge is 0.508 e. The van der Waals surface area contributed by atoms with E-state index in [2.05, 4.69) is 14.8 Å². The Morgan fingerprint density at radius 2 is 1.97 bits per heavy atom. The summed E-state index contributed by atoms with van der Waals surface area (Å²) < 4.78 is 7.57. The average Bonchev–Trinajstić information content (AvgIpc) is 3.32. The molecular weight excluding hydrogens is 415 g/mol. The second kappa shape index (κ2) is 7.36. The van der Waals surface area contributed by atoms with Crippen LogP contribution in [0.1, 0.15) is 56.2 Å². The first-order chi connectivity index (χ1) is 13.6. The van der Waals surface area contributed by atoms with E-state index in [1.54, 1.807) is 17.0 Å². The zero-order valence-electron chi connectivity index (χ0n) is 16.7. The Kier molecular flexibility index (Phi) is 5.15. The van der Waals surface area contributed by atoms with E-state index in [0.29, 0.717) is 41.7 Å². The number of halogens is 2. The Balaban J connectivity index is 1.50. The summed E-state index contributed by atoms with van der Waals surface area (Å²) in [5, 5.41) is 19.9. The molecule has 0 bridgehead atoms. The van der Waals surface area contributed by atoms with Crippen LogP contribution in [0.5, 0.6) is 5.75 Å². The van der Waals surface area contributed by atoms with Crippen LogP contribution in [0, 0.1) is 0 Å². The molecule has 1 aromatic carbocycles. The van der Waals surface area contributed by atoms with Gasteiger partial charge in [0.25, 0.3) is 0 Å². The third-order valence-corrected chi connectivity index (χ3v) is 6.23. The number of phenols is 1. The van der Waals surface area contributed by atoms with E-state index >= 15 is 0 Å². The summed E-state index contributed by atoms with van der Waals surface area (Å²) in [4.78, 5) is 14.1. The van der Waals surface area contributed by atoms with E-state index in [4.69, 9.17) is 27.9 Å². The molecule has 29 heavy (non-hydrogen) atoms. The number of aromatic hydroxyl groups is 1. The quantitative estimate of drug-likeness (QED) is 0.753. The van der Waals surface area contributed by atoms with Gasteiger partial charge < -0.3 is 19.3 Å². The SMILES string of the molecule is CC(C)(C)OC(=O)N1CCC(c2nnc3n2C[C@H](c2c(O)ccc(Cl)c2Cl)C3)C1. The van der Waals surface area contributed by atoms with E-state index in [0.717, 1.165) is 18.1 Å². The molecule has 0 radical (unpaired) electrons. The molecule has 9 heteroatoms. The normalized spacial score (nSPS) is 21.5. The Hall–Kier alpha value is -1.99. The van der Waals surface area contributed by atoms with Gasteiger partial charge in [-0.1, -0.05) is 23.2 Å². The van der Waals surface area contributed by atoms with Gasteiger partial charge in [-0.3, -0.25) is 0 Å². The van der Waals surface area contributed by atoms with Crippen LogP contribution in [0.2, 0.25) is 10.0 Å². The minimum Gasteiger partial charge on any atom is -0.508 e. The van der Waals surface area contributed by atoms with Crippen LogP contribution in [0.3, 0.4) is 0 Å². The summed E-state index contributed by atoms with van der Waals surface area (Å²) in [6.07, 6.45) is 1.14. The fourth-order valence-corrected chi connectivity index (χ4v) is 4.59. The van der Waals surface area contributed by atoms with E-state index in [1.807, 2.05) is 20.8 Å². The Labute approximate surface area is 179 Å². The monoisotopic (exact) mass is 438 g/mol. The van der Waals surface area contributed by atoms with Gasteiger partial charge in [0, 0.05) is 43.5 Å². The molecule has 2 atom stereocenters. The number of aromatic nitrogens is 3. The minimum absolute atomic E-state index is 0.0196. The third-order valence-electron chi connectivity index (χ3n) is 5.41. The maximum Gasteiger partial charge on any atom is 0.410 e. The summed E-state index contributed by atoms with van der Waals surface area (Å²) >= 11 is 12.5. The zero-order chi connectivity index (χ0) is 20.9. The van der Waals surface area contributed by atoms with Gasteiger partial charge >= 0.3 is 6.09 Å². The smallest absolute Gasteiger partial charge is 0.410 e. The molecule has 3 heterocycles. The number of phenolic OH excluding ortho intramolecular Hbond substituents is 1. The fraction of sp³-hybridized carbons (Fsp3) is 0.550. The zero-order valence-corrected chi connectivity index (χ0v) is 18.2. The van der Waals surface area contributed by atoms with Crippen LogP contribution in [-0.2, 0) is 17.7 Å². The highest BCUT2D eigenvalue weighted by molar-refractivity contribution is 6.42. The number of nitrogens with zero attached hydrogens (tertiary/aromatic N) is 4. The predicted molar refractivity (Wildman–Crippen MR) is 110 cm³/mol. The molecule has 1 amide bonds. The van der Waals surface area contributed by atoms with Crippen molar-refractivity contribution in [2.24, 2.45) is 0 Å². The molecule has 156 valence electrons. The van der Waals surface area contributed by atoms with Gasteiger partial charge in [0.15, 0.2) is 0 Å². The van der Waals surface area contributed by atoms with Crippen LogP contribution in [-0.4, -0.2) is 49.6 Å². The predicted octanol–water partition coefficient (Wildman–Crippen LogP) is 4.35. The van der Waals surface area contributed by atoms with Gasteiger partial charge in [-0.15, -0.1) is 10.2 Å². The molecule has 4 rings (SSSR count). The van der Waals surface area contributed by atoms with Gasteiger partial charge in [0.2, 0.25) is 0 Å². The number of carbonyl (C=O) groups is 1. The van der Waals surface area contributed by atoms with Crippen molar-refractivity contribution in [3.8, 4) is 5.75 Å². The maximum atomic E-state index is 12.4. The molecule has 2 aromatic rings. The molecule has 1 unspecified atom stereocenters. The summed E-state index contributed by atoms with van der Waals surface area (Å²) in [5.74, 6) is 1.95. The second-order valence-corrected chi connectivity index (χ2v) is 9.48. The van der Waals surface area contributed by atoms with Crippen molar-refractivity contribution in [3.63, 3.8) is 0 Å². The first-order valence-corrected chi connectivity index (χ1v) is 10.5. The standard InChI is InChI=1S/C20H24Cl2N4O3/c1-20(2,3)29-19(28)25-7-6-11(9-25)18-24-23-15-8-12(10-26(15)18)16-14(27)5-4-13(21)17(16)22/h4-5,11-12,27H,6-10H2,1-3H3/t11?,12-/m1/s1. The molecule has 7 nitrogen and oxygen atoms in total. The van der Waals surface area contributed by atoms with Crippen molar-refractivity contribution < 1.29 is 14.6 Å². The van der Waals surface area contributed by atoms with Gasteiger partial charge in [0.05, 0.1) is 10.0 Å². The lowest BCUT2D eigenvalue weighted by molar-refractivity contribution is 0.0292. The van der Waals surface area contributed by atoms with Gasteiger partial charge in [0.1, 0.15) is 23.0 Å². The molecule has 1 N–H and O–H groups in total. The van der Waals surface area contributed by atoms with Crippen molar-refractivity contribution in [2.75, 3.05) is 13.1 Å². The summed E-state index contributed by atoms with van der Waals surface area (Å²) in [5.41, 5.74) is 0.133. The molecule has 0 spiro atoms. The van der Waals surface area contributed by atoms with Crippen LogP contribution in [0.15, 0.2) is 12.1 Å². The second-order valence-electron chi connectivity index (χ2n) is 8.69. The van der Waals surface area contributed by atoms with Crippen molar-refractivity contribution >= 4 is 29.3 Å². The summed E-state index contributed by atoms with van der Waals surface area (Å²) in [6, 6.07) is 3.16. The van der Waals surface area contributed by atoms with Gasteiger partial charge in [-0.2, -0.15) is 0 Å². The van der Waals surface area contributed by atoms with Crippen LogP contribution >= 0.6 is 23.2 Å². The van der Waals surface area contributed by atoms with Crippen molar-refractivity contribution in [1.29, 1.82) is 0 Å². The van der Waals surface area contributed by atoms with Crippen LogP contribution in [0.4, 0.5) is 4.79 Å². The molecule has 1 aromatic heterocycles.